The molecule has 0 saturated carbocycles. The van der Waals surface area contributed by atoms with Gasteiger partial charge in [-0.15, -0.1) is 11.3 Å². The second-order valence-corrected chi connectivity index (χ2v) is 7.72. The monoisotopic (exact) mass is 379 g/mol. The number of carbonyl (C=O) groups is 1. The van der Waals surface area contributed by atoms with E-state index in [1.807, 2.05) is 38.1 Å². The number of ketones is 1. The van der Waals surface area contributed by atoms with Gasteiger partial charge in [0.05, 0.1) is 38.3 Å². The molecule has 1 aliphatic heterocycles. The normalized spacial score (nSPS) is 15.5. The summed E-state index contributed by atoms with van der Waals surface area (Å²) in [4.78, 5) is 24.1. The third kappa shape index (κ3) is 3.17. The first-order chi connectivity index (χ1) is 13.0. The molecule has 4 rings (SSSR count). The van der Waals surface area contributed by atoms with Gasteiger partial charge < -0.3 is 14.7 Å². The average molecular weight is 379 g/mol. The number of fused-ring (bicyclic) bond motifs is 1. The molecule has 6 heteroatoms. The van der Waals surface area contributed by atoms with E-state index in [1.54, 1.807) is 7.11 Å². The number of aromatic nitrogens is 2. The van der Waals surface area contributed by atoms with E-state index in [1.165, 1.54) is 16.9 Å². The van der Waals surface area contributed by atoms with Crippen LogP contribution in [0.2, 0.25) is 0 Å². The lowest BCUT2D eigenvalue weighted by molar-refractivity contribution is 0.0992. The lowest BCUT2D eigenvalue weighted by atomic mass is 10.2. The molecule has 0 amide bonds. The Morgan fingerprint density at radius 3 is 2.70 bits per heavy atom. The van der Waals surface area contributed by atoms with Crippen molar-refractivity contribution in [3.63, 3.8) is 0 Å². The van der Waals surface area contributed by atoms with Gasteiger partial charge in [0.1, 0.15) is 5.75 Å². The van der Waals surface area contributed by atoms with Gasteiger partial charge >= 0.3 is 0 Å². The summed E-state index contributed by atoms with van der Waals surface area (Å²) in [5, 5.41) is 2.65. The number of rotatable bonds is 4. The van der Waals surface area contributed by atoms with Crippen LogP contribution in [-0.4, -0.2) is 22.9 Å². The minimum absolute atomic E-state index is 0.162. The van der Waals surface area contributed by atoms with Gasteiger partial charge in [-0.2, -0.15) is 0 Å². The van der Waals surface area contributed by atoms with Crippen LogP contribution in [-0.2, 0) is 0 Å². The summed E-state index contributed by atoms with van der Waals surface area (Å²) in [5.74, 6) is 0.930. The van der Waals surface area contributed by atoms with Crippen molar-refractivity contribution in [3.8, 4) is 5.75 Å². The molecule has 27 heavy (non-hydrogen) atoms. The molecule has 0 unspecified atom stereocenters. The Morgan fingerprint density at radius 1 is 1.26 bits per heavy atom. The number of aryl methyl sites for hydroxylation is 2. The second kappa shape index (κ2) is 6.70. The van der Waals surface area contributed by atoms with Crippen LogP contribution in [0.15, 0.2) is 23.2 Å². The van der Waals surface area contributed by atoms with Gasteiger partial charge in [-0.1, -0.05) is 6.92 Å². The van der Waals surface area contributed by atoms with Crippen LogP contribution < -0.4 is 25.3 Å². The molecule has 0 aliphatic carbocycles. The van der Waals surface area contributed by atoms with Crippen molar-refractivity contribution in [2.75, 3.05) is 7.11 Å². The van der Waals surface area contributed by atoms with Gasteiger partial charge in [0, 0.05) is 23.9 Å². The number of thiophene rings is 1. The maximum atomic E-state index is 11.9. The molecule has 3 aromatic rings. The summed E-state index contributed by atoms with van der Waals surface area (Å²) >= 11 is 1.50. The predicted molar refractivity (Wildman–Crippen MR) is 108 cm³/mol. The molecule has 0 atom stereocenters. The quantitative estimate of drug-likeness (QED) is 0.677. The molecule has 138 valence electrons. The maximum absolute atomic E-state index is 11.9. The molecule has 3 aromatic heterocycles. The number of hydrogen-bond donors (Lipinski definition) is 2. The Kier molecular flexibility index (Phi) is 4.36. The Hall–Kier alpha value is -2.86. The number of hydrogen-bond acceptors (Lipinski definition) is 4. The third-order valence-electron chi connectivity index (χ3n) is 4.63. The summed E-state index contributed by atoms with van der Waals surface area (Å²) < 4.78 is 6.57. The zero-order chi connectivity index (χ0) is 19.1. The summed E-state index contributed by atoms with van der Waals surface area (Å²) in [7, 11) is 1.66. The van der Waals surface area contributed by atoms with E-state index < -0.39 is 0 Å². The minimum Gasteiger partial charge on any atom is -0.494 e. The Morgan fingerprint density at radius 2 is 2.07 bits per heavy atom. The van der Waals surface area contributed by atoms with Crippen molar-refractivity contribution in [1.29, 1.82) is 0 Å². The highest BCUT2D eigenvalue weighted by Crippen LogP contribution is 2.12. The van der Waals surface area contributed by atoms with Crippen molar-refractivity contribution < 1.29 is 9.53 Å². The molecule has 0 fully saturated rings. The average Bonchev–Trinajstić information content (AvgIpc) is 3.37. The van der Waals surface area contributed by atoms with E-state index >= 15 is 0 Å². The second-order valence-electron chi connectivity index (χ2n) is 6.64. The third-order valence-corrected chi connectivity index (χ3v) is 5.74. The van der Waals surface area contributed by atoms with Crippen LogP contribution >= 0.6 is 11.3 Å². The molecule has 4 heterocycles. The number of methoxy groups -OCH3 is 1. The molecule has 0 spiro atoms. The number of aromatic amines is 2. The molecular formula is C21H21N3O2S. The number of nitrogens with zero attached hydrogens (tertiary/aromatic N) is 1. The highest BCUT2D eigenvalue weighted by molar-refractivity contribution is 7.12. The number of nitrogens with one attached hydrogen (secondary N) is 2. The van der Waals surface area contributed by atoms with Crippen LogP contribution in [0.1, 0.15) is 40.0 Å². The highest BCUT2D eigenvalue weighted by atomic mass is 32.1. The van der Waals surface area contributed by atoms with Crippen molar-refractivity contribution in [2.24, 2.45) is 4.99 Å². The van der Waals surface area contributed by atoms with E-state index in [-0.39, 0.29) is 5.78 Å². The largest absolute Gasteiger partial charge is 0.494 e. The zero-order valence-electron chi connectivity index (χ0n) is 15.8. The Bertz CT molecular complexity index is 1250. The van der Waals surface area contributed by atoms with Crippen molar-refractivity contribution in [1.82, 2.24) is 9.97 Å². The smallest absolute Gasteiger partial charge is 0.172 e. The van der Waals surface area contributed by atoms with Crippen molar-refractivity contribution in [2.45, 2.75) is 27.2 Å². The lowest BCUT2D eigenvalue weighted by Crippen LogP contribution is -2.13. The summed E-state index contributed by atoms with van der Waals surface area (Å²) in [6, 6.07) is 5.96. The molecular weight excluding hydrogens is 358 g/mol. The molecule has 0 bridgehead atoms. The first-order valence-corrected chi connectivity index (χ1v) is 9.69. The first-order valence-electron chi connectivity index (χ1n) is 8.87. The molecule has 0 aromatic carbocycles. The molecule has 2 N–H and O–H groups in total. The van der Waals surface area contributed by atoms with Gasteiger partial charge in [0.25, 0.3) is 0 Å². The van der Waals surface area contributed by atoms with Gasteiger partial charge in [0.2, 0.25) is 0 Å². The van der Waals surface area contributed by atoms with E-state index in [4.69, 9.17) is 4.74 Å². The fourth-order valence-corrected chi connectivity index (χ4v) is 4.28. The molecule has 1 aliphatic rings. The van der Waals surface area contributed by atoms with Crippen LogP contribution in [0.5, 0.6) is 5.75 Å². The van der Waals surface area contributed by atoms with Crippen LogP contribution in [0.3, 0.4) is 0 Å². The highest BCUT2D eigenvalue weighted by Gasteiger charge is 2.12. The summed E-state index contributed by atoms with van der Waals surface area (Å²) in [6.07, 6.45) is 4.58. The van der Waals surface area contributed by atoms with E-state index in [0.29, 0.717) is 6.42 Å². The minimum atomic E-state index is 0.162. The van der Waals surface area contributed by atoms with Gasteiger partial charge in [0.15, 0.2) is 5.78 Å². The maximum Gasteiger partial charge on any atom is 0.172 e. The summed E-state index contributed by atoms with van der Waals surface area (Å²) in [5.41, 5.74) is 4.22. The number of H-pyrrole nitrogens is 2. The molecule has 5 nitrogen and oxygen atoms in total. The Labute approximate surface area is 160 Å². The lowest BCUT2D eigenvalue weighted by Gasteiger charge is -1.94. The SMILES string of the molecule is CCC(=O)c1cc2c(s1)=C/C(=c1\cc(OC)/c(=C/c3[nH]c(C)cc3C)[nH]1)N=2. The van der Waals surface area contributed by atoms with E-state index in [0.717, 1.165) is 48.3 Å². The predicted octanol–water partition coefficient (Wildman–Crippen LogP) is 1.67. The fraction of sp³-hybridized carbons (Fsp3) is 0.238. The standard InChI is InChI=1S/C21H21N3O2S/c1-5-18(25)21-10-17-20(27-21)9-15(24-17)14-8-19(26-4)16(23-14)7-13-11(2)6-12(3)22-13/h6-10,22-23H,5H2,1-4H3/b15-14-,16-7-. The fourth-order valence-electron chi connectivity index (χ4n) is 3.23. The van der Waals surface area contributed by atoms with Gasteiger partial charge in [-0.3, -0.25) is 4.79 Å². The Balaban J connectivity index is 1.83. The number of carbonyl (C=O) groups excluding carboxylic acids is 1. The molecule has 0 saturated heterocycles. The van der Waals surface area contributed by atoms with Gasteiger partial charge in [-0.05, 0) is 43.7 Å². The number of Topliss-reactive ketones (excluding diaryl/α,β-unsaturated/α-hetero) is 1. The van der Waals surface area contributed by atoms with Crippen LogP contribution in [0, 0.1) is 13.8 Å². The van der Waals surface area contributed by atoms with Crippen LogP contribution in [0.4, 0.5) is 0 Å². The van der Waals surface area contributed by atoms with E-state index in [9.17, 15) is 4.79 Å². The molecule has 0 radical (unpaired) electrons. The van der Waals surface area contributed by atoms with Crippen LogP contribution in [0.25, 0.3) is 17.8 Å². The van der Waals surface area contributed by atoms with Gasteiger partial charge in [-0.25, -0.2) is 4.99 Å². The topological polar surface area (TPSA) is 70.2 Å². The first kappa shape index (κ1) is 17.5. The van der Waals surface area contributed by atoms with Crippen molar-refractivity contribution >= 4 is 35.0 Å². The zero-order valence-corrected chi connectivity index (χ0v) is 16.6. The summed E-state index contributed by atoms with van der Waals surface area (Å²) in [6.45, 7) is 6.00. The number of ether oxygens (including phenoxy) is 1. The van der Waals surface area contributed by atoms with E-state index in [2.05, 4.69) is 28.0 Å². The van der Waals surface area contributed by atoms with Crippen molar-refractivity contribution in [3.05, 3.63) is 60.6 Å².